The molecule has 0 N–H and O–H groups in total. The molecule has 7 heteroatoms. The summed E-state index contributed by atoms with van der Waals surface area (Å²) in [7, 11) is 1.85. The summed E-state index contributed by atoms with van der Waals surface area (Å²) < 4.78 is 12.0. The van der Waals surface area contributed by atoms with Crippen LogP contribution in [0.25, 0.3) is 0 Å². The van der Waals surface area contributed by atoms with Crippen LogP contribution in [0.4, 0.5) is 0 Å². The molecule has 0 atom stereocenters. The minimum Gasteiger partial charge on any atom is -0.455 e. The second kappa shape index (κ2) is 6.07. The Kier molecular flexibility index (Phi) is 4.40. The van der Waals surface area contributed by atoms with E-state index in [1.807, 2.05) is 34.7 Å². The second-order valence-electron chi connectivity index (χ2n) is 5.31. The molecule has 2 heterocycles. The van der Waals surface area contributed by atoms with Gasteiger partial charge in [0.2, 0.25) is 0 Å². The Hall–Kier alpha value is -2.18. The number of esters is 1. The molecular formula is C14H20N4O3. The quantitative estimate of drug-likeness (QED) is 0.782. The topological polar surface area (TPSA) is 83.0 Å². The normalized spacial score (nSPS) is 11.1. The highest BCUT2D eigenvalue weighted by Crippen LogP contribution is 2.14. The van der Waals surface area contributed by atoms with Crippen molar-refractivity contribution >= 4 is 5.97 Å². The smallest absolute Gasteiger partial charge is 0.310 e. The monoisotopic (exact) mass is 292 g/mol. The van der Waals surface area contributed by atoms with Crippen molar-refractivity contribution in [2.24, 2.45) is 7.05 Å². The highest BCUT2D eigenvalue weighted by Gasteiger charge is 2.16. The summed E-state index contributed by atoms with van der Waals surface area (Å²) in [6.45, 7) is 7.73. The molecule has 0 unspecified atom stereocenters. The molecule has 0 aliphatic carbocycles. The largest absolute Gasteiger partial charge is 0.455 e. The van der Waals surface area contributed by atoms with Gasteiger partial charge in [0.25, 0.3) is 5.89 Å². The predicted octanol–water partition coefficient (Wildman–Crippen LogP) is 1.83. The number of nitrogens with zero attached hydrogens (tertiary/aromatic N) is 4. The number of carbonyl (C=O) groups is 1. The van der Waals surface area contributed by atoms with Crippen molar-refractivity contribution in [1.82, 2.24) is 19.9 Å². The Bertz CT molecular complexity index is 643. The fourth-order valence-electron chi connectivity index (χ4n) is 1.97. The number of carbonyl (C=O) groups excluding carboxylic acids is 1. The van der Waals surface area contributed by atoms with Gasteiger partial charge in [0.05, 0.1) is 12.1 Å². The molecule has 0 bridgehead atoms. The molecule has 21 heavy (non-hydrogen) atoms. The molecule has 0 aliphatic rings. The van der Waals surface area contributed by atoms with Gasteiger partial charge in [-0.3, -0.25) is 9.48 Å². The molecule has 0 saturated heterocycles. The number of hydrogen-bond donors (Lipinski definition) is 0. The standard InChI is InChI=1S/C14H20N4O3/c1-8(2)14-15-12(21-17-14)7-20-13(19)6-11-9(3)16-18(5)10(11)4/h8H,6-7H2,1-5H3. The number of ether oxygens (including phenoxy) is 1. The fourth-order valence-corrected chi connectivity index (χ4v) is 1.97. The molecule has 0 aromatic carbocycles. The van der Waals surface area contributed by atoms with Crippen molar-refractivity contribution in [3.63, 3.8) is 0 Å². The maximum Gasteiger partial charge on any atom is 0.310 e. The van der Waals surface area contributed by atoms with Crippen LogP contribution < -0.4 is 0 Å². The van der Waals surface area contributed by atoms with Gasteiger partial charge in [-0.1, -0.05) is 19.0 Å². The van der Waals surface area contributed by atoms with Crippen LogP contribution in [0.2, 0.25) is 0 Å². The molecule has 0 saturated carbocycles. The molecule has 0 spiro atoms. The SMILES string of the molecule is Cc1nn(C)c(C)c1CC(=O)OCc1nc(C(C)C)no1. The lowest BCUT2D eigenvalue weighted by atomic mass is 10.1. The number of rotatable bonds is 5. The third-order valence-electron chi connectivity index (χ3n) is 3.34. The van der Waals surface area contributed by atoms with Gasteiger partial charge in [0.1, 0.15) is 0 Å². The third kappa shape index (κ3) is 3.48. The zero-order valence-corrected chi connectivity index (χ0v) is 13.0. The lowest BCUT2D eigenvalue weighted by molar-refractivity contribution is -0.144. The van der Waals surface area contributed by atoms with Crippen molar-refractivity contribution in [3.8, 4) is 0 Å². The number of aromatic nitrogens is 4. The highest BCUT2D eigenvalue weighted by molar-refractivity contribution is 5.73. The molecule has 0 radical (unpaired) electrons. The molecular weight excluding hydrogens is 272 g/mol. The Morgan fingerprint density at radius 2 is 2.10 bits per heavy atom. The summed E-state index contributed by atoms with van der Waals surface area (Å²) >= 11 is 0. The van der Waals surface area contributed by atoms with Crippen LogP contribution >= 0.6 is 0 Å². The van der Waals surface area contributed by atoms with Gasteiger partial charge < -0.3 is 9.26 Å². The molecule has 0 fully saturated rings. The average molecular weight is 292 g/mol. The van der Waals surface area contributed by atoms with Gasteiger partial charge in [0, 0.05) is 24.2 Å². The van der Waals surface area contributed by atoms with Gasteiger partial charge >= 0.3 is 5.97 Å². The van der Waals surface area contributed by atoms with E-state index in [1.54, 1.807) is 4.68 Å². The van der Waals surface area contributed by atoms with Crippen LogP contribution in [0.15, 0.2) is 4.52 Å². The molecule has 2 aromatic heterocycles. The average Bonchev–Trinajstić information content (AvgIpc) is 2.98. The van der Waals surface area contributed by atoms with Crippen LogP contribution in [-0.4, -0.2) is 25.9 Å². The number of hydrogen-bond acceptors (Lipinski definition) is 6. The van der Waals surface area contributed by atoms with Crippen LogP contribution in [0.1, 0.15) is 48.4 Å². The first-order valence-electron chi connectivity index (χ1n) is 6.85. The van der Waals surface area contributed by atoms with Crippen LogP contribution in [0, 0.1) is 13.8 Å². The lowest BCUT2D eigenvalue weighted by Gasteiger charge is -2.03. The van der Waals surface area contributed by atoms with Crippen molar-refractivity contribution in [2.45, 2.75) is 46.6 Å². The Labute approximate surface area is 123 Å². The second-order valence-corrected chi connectivity index (χ2v) is 5.31. The Balaban J connectivity index is 1.92. The lowest BCUT2D eigenvalue weighted by Crippen LogP contribution is -2.09. The van der Waals surface area contributed by atoms with Crippen molar-refractivity contribution in [2.75, 3.05) is 0 Å². The van der Waals surface area contributed by atoms with E-state index in [1.165, 1.54) is 0 Å². The van der Waals surface area contributed by atoms with E-state index in [4.69, 9.17) is 9.26 Å². The van der Waals surface area contributed by atoms with Gasteiger partial charge in [0.15, 0.2) is 12.4 Å². The summed E-state index contributed by atoms with van der Waals surface area (Å²) in [5.41, 5.74) is 2.70. The van der Waals surface area contributed by atoms with E-state index in [-0.39, 0.29) is 24.9 Å². The molecule has 7 nitrogen and oxygen atoms in total. The van der Waals surface area contributed by atoms with E-state index in [0.717, 1.165) is 17.0 Å². The van der Waals surface area contributed by atoms with E-state index in [0.29, 0.717) is 11.7 Å². The zero-order valence-electron chi connectivity index (χ0n) is 13.0. The van der Waals surface area contributed by atoms with E-state index in [2.05, 4.69) is 15.2 Å². The van der Waals surface area contributed by atoms with E-state index >= 15 is 0 Å². The highest BCUT2D eigenvalue weighted by atomic mass is 16.6. The number of aryl methyl sites for hydroxylation is 2. The van der Waals surface area contributed by atoms with E-state index in [9.17, 15) is 4.79 Å². The van der Waals surface area contributed by atoms with Crippen LogP contribution in [0.5, 0.6) is 0 Å². The van der Waals surface area contributed by atoms with Crippen molar-refractivity contribution in [3.05, 3.63) is 28.7 Å². The summed E-state index contributed by atoms with van der Waals surface area (Å²) in [4.78, 5) is 16.0. The maximum atomic E-state index is 11.9. The molecule has 2 aromatic rings. The van der Waals surface area contributed by atoms with E-state index < -0.39 is 0 Å². The van der Waals surface area contributed by atoms with Gasteiger partial charge in [-0.15, -0.1) is 0 Å². The van der Waals surface area contributed by atoms with Gasteiger partial charge in [-0.05, 0) is 13.8 Å². The minimum absolute atomic E-state index is 0.00306. The Morgan fingerprint density at radius 3 is 2.62 bits per heavy atom. The minimum atomic E-state index is -0.335. The van der Waals surface area contributed by atoms with Gasteiger partial charge in [-0.25, -0.2) is 0 Å². The van der Waals surface area contributed by atoms with Crippen LogP contribution in [-0.2, 0) is 29.6 Å². The van der Waals surface area contributed by atoms with Crippen LogP contribution in [0.3, 0.4) is 0 Å². The first-order chi connectivity index (χ1) is 9.88. The molecule has 2 rings (SSSR count). The van der Waals surface area contributed by atoms with Crippen molar-refractivity contribution < 1.29 is 14.1 Å². The summed E-state index contributed by atoms with van der Waals surface area (Å²) in [5.74, 6) is 0.768. The summed E-state index contributed by atoms with van der Waals surface area (Å²) in [6, 6.07) is 0. The molecule has 114 valence electrons. The fraction of sp³-hybridized carbons (Fsp3) is 0.571. The van der Waals surface area contributed by atoms with Gasteiger partial charge in [-0.2, -0.15) is 10.1 Å². The third-order valence-corrected chi connectivity index (χ3v) is 3.34. The summed E-state index contributed by atoms with van der Waals surface area (Å²) in [6.07, 6.45) is 0.191. The zero-order chi connectivity index (χ0) is 15.6. The summed E-state index contributed by atoms with van der Waals surface area (Å²) in [5, 5.41) is 8.09. The molecule has 0 amide bonds. The Morgan fingerprint density at radius 1 is 1.38 bits per heavy atom. The molecule has 0 aliphatic heterocycles. The maximum absolute atomic E-state index is 11.9. The first-order valence-corrected chi connectivity index (χ1v) is 6.85. The predicted molar refractivity (Wildman–Crippen MR) is 74.6 cm³/mol. The van der Waals surface area contributed by atoms with Crippen molar-refractivity contribution in [1.29, 1.82) is 0 Å². The first kappa shape index (κ1) is 15.2.